The van der Waals surface area contributed by atoms with Crippen LogP contribution in [0, 0.1) is 6.92 Å². The monoisotopic (exact) mass is 484 g/mol. The predicted molar refractivity (Wildman–Crippen MR) is 140 cm³/mol. The van der Waals surface area contributed by atoms with E-state index in [1.807, 2.05) is 55.5 Å². The third-order valence-corrected chi connectivity index (χ3v) is 6.17. The highest BCUT2D eigenvalue weighted by Crippen LogP contribution is 2.38. The van der Waals surface area contributed by atoms with E-state index in [4.69, 9.17) is 14.8 Å². The molecule has 1 atom stereocenters. The van der Waals surface area contributed by atoms with Crippen molar-refractivity contribution in [3.05, 3.63) is 66.5 Å². The number of aliphatic carboxylic acids is 1. The first-order valence-electron chi connectivity index (χ1n) is 12.0. The topological polar surface area (TPSA) is 121 Å². The second-order valence-electron chi connectivity index (χ2n) is 8.77. The molecule has 1 aliphatic rings. The number of pyridine rings is 1. The molecule has 0 saturated carbocycles. The molecule has 2 aromatic carbocycles. The fourth-order valence-corrected chi connectivity index (χ4v) is 4.40. The van der Waals surface area contributed by atoms with E-state index >= 15 is 0 Å². The van der Waals surface area contributed by atoms with Crippen LogP contribution >= 0.6 is 0 Å². The summed E-state index contributed by atoms with van der Waals surface area (Å²) in [6, 6.07) is 15.5. The molecule has 9 nitrogen and oxygen atoms in total. The Morgan fingerprint density at radius 3 is 2.86 bits per heavy atom. The minimum atomic E-state index is -0.924. The van der Waals surface area contributed by atoms with Crippen molar-refractivity contribution in [2.24, 2.45) is 0 Å². The van der Waals surface area contributed by atoms with Gasteiger partial charge in [-0.2, -0.15) is 0 Å². The van der Waals surface area contributed by atoms with Gasteiger partial charge in [0.2, 0.25) is 11.8 Å². The highest BCUT2D eigenvalue weighted by atomic mass is 16.5. The summed E-state index contributed by atoms with van der Waals surface area (Å²) in [7, 11) is 0. The van der Waals surface area contributed by atoms with E-state index in [1.54, 1.807) is 12.4 Å². The molecule has 4 aromatic rings. The van der Waals surface area contributed by atoms with E-state index in [0.29, 0.717) is 29.3 Å². The van der Waals surface area contributed by atoms with Gasteiger partial charge in [-0.3, -0.25) is 4.79 Å². The second-order valence-corrected chi connectivity index (χ2v) is 8.77. The van der Waals surface area contributed by atoms with Gasteiger partial charge in [0.15, 0.2) is 0 Å². The molecule has 4 N–H and O–H groups in total. The molecule has 3 heterocycles. The summed E-state index contributed by atoms with van der Waals surface area (Å²) < 4.78 is 6.43. The number of piperidine rings is 1. The number of hydrogen-bond acceptors (Lipinski definition) is 8. The maximum absolute atomic E-state index is 11.1. The van der Waals surface area contributed by atoms with Gasteiger partial charge in [0.1, 0.15) is 12.3 Å². The summed E-state index contributed by atoms with van der Waals surface area (Å²) >= 11 is 0. The summed E-state index contributed by atoms with van der Waals surface area (Å²) in [4.78, 5) is 24.7. The van der Waals surface area contributed by atoms with Gasteiger partial charge >= 0.3 is 5.97 Å². The van der Waals surface area contributed by atoms with Crippen LogP contribution in [0.3, 0.4) is 0 Å². The summed E-state index contributed by atoms with van der Waals surface area (Å²) in [5, 5.41) is 20.6. The number of carbonyl (C=O) groups is 1. The summed E-state index contributed by atoms with van der Waals surface area (Å²) in [5.41, 5.74) is 3.12. The normalized spacial score (nSPS) is 15.4. The summed E-state index contributed by atoms with van der Waals surface area (Å²) in [6.45, 7) is 3.73. The molecule has 0 aliphatic carbocycles. The highest BCUT2D eigenvalue weighted by Gasteiger charge is 2.17. The van der Waals surface area contributed by atoms with E-state index in [-0.39, 0.29) is 6.54 Å². The molecule has 0 radical (unpaired) electrons. The molecule has 1 fully saturated rings. The lowest BCUT2D eigenvalue weighted by Crippen LogP contribution is -2.38. The number of benzene rings is 2. The van der Waals surface area contributed by atoms with Crippen molar-refractivity contribution >= 4 is 28.4 Å². The van der Waals surface area contributed by atoms with Crippen molar-refractivity contribution in [1.29, 1.82) is 0 Å². The Balaban J connectivity index is 1.47. The number of carboxylic acid groups (broad SMARTS) is 1. The lowest BCUT2D eigenvalue weighted by molar-refractivity contribution is -0.134. The molecule has 2 aromatic heterocycles. The number of nitrogens with zero attached hydrogens (tertiary/aromatic N) is 3. The standard InChI is InChI=1S/C27H28N6O3/c1-17-9-10-19-20(6-2-8-22(19)31-16-24(34)35)25(17)36-26-21(7-4-13-29-26)23-11-14-30-27(33-23)32-18-5-3-12-28-15-18/h2,4,6-11,13-14,18,28,31H,3,5,12,15-16H2,1H3,(H,34,35)(H,30,32,33). The van der Waals surface area contributed by atoms with Crippen LogP contribution in [0.5, 0.6) is 11.6 Å². The average Bonchev–Trinajstić information content (AvgIpc) is 2.90. The van der Waals surface area contributed by atoms with Crippen molar-refractivity contribution in [2.75, 3.05) is 30.3 Å². The Kier molecular flexibility index (Phi) is 6.90. The Morgan fingerprint density at radius 1 is 1.11 bits per heavy atom. The van der Waals surface area contributed by atoms with Crippen LogP contribution in [-0.2, 0) is 4.79 Å². The zero-order chi connectivity index (χ0) is 24.9. The SMILES string of the molecule is Cc1ccc2c(NCC(=O)O)cccc2c1Oc1ncccc1-c1ccnc(NC2CCCNC2)n1. The number of carboxylic acids is 1. The molecular weight excluding hydrogens is 456 g/mol. The van der Waals surface area contributed by atoms with Gasteiger partial charge in [-0.05, 0) is 56.1 Å². The van der Waals surface area contributed by atoms with Crippen LogP contribution in [0.25, 0.3) is 22.0 Å². The molecule has 0 spiro atoms. The Bertz CT molecular complexity index is 1390. The number of nitrogens with one attached hydrogen (secondary N) is 3. The Morgan fingerprint density at radius 2 is 2.03 bits per heavy atom. The third-order valence-electron chi connectivity index (χ3n) is 6.17. The lowest BCUT2D eigenvalue weighted by Gasteiger charge is -2.23. The van der Waals surface area contributed by atoms with Crippen molar-refractivity contribution in [1.82, 2.24) is 20.3 Å². The Hall–Kier alpha value is -4.24. The zero-order valence-corrected chi connectivity index (χ0v) is 20.0. The van der Waals surface area contributed by atoms with Gasteiger partial charge in [0.25, 0.3) is 0 Å². The van der Waals surface area contributed by atoms with Gasteiger partial charge in [0.05, 0.1) is 11.3 Å². The van der Waals surface area contributed by atoms with Crippen LogP contribution in [0.2, 0.25) is 0 Å². The predicted octanol–water partition coefficient (Wildman–Crippen LogP) is 4.45. The van der Waals surface area contributed by atoms with E-state index in [1.165, 1.54) is 0 Å². The smallest absolute Gasteiger partial charge is 0.322 e. The minimum Gasteiger partial charge on any atom is -0.480 e. The number of aryl methyl sites for hydroxylation is 1. The van der Waals surface area contributed by atoms with Gasteiger partial charge in [0, 0.05) is 41.4 Å². The van der Waals surface area contributed by atoms with Gasteiger partial charge < -0.3 is 25.8 Å². The lowest BCUT2D eigenvalue weighted by atomic mass is 10.0. The maximum Gasteiger partial charge on any atom is 0.322 e. The number of rotatable bonds is 8. The fourth-order valence-electron chi connectivity index (χ4n) is 4.40. The van der Waals surface area contributed by atoms with Crippen molar-refractivity contribution < 1.29 is 14.6 Å². The van der Waals surface area contributed by atoms with Gasteiger partial charge in [-0.15, -0.1) is 0 Å². The average molecular weight is 485 g/mol. The Labute approximate surface area is 209 Å². The quantitative estimate of drug-likeness (QED) is 0.287. The molecule has 0 bridgehead atoms. The zero-order valence-electron chi connectivity index (χ0n) is 20.0. The fraction of sp³-hybridized carbons (Fsp3) is 0.259. The van der Waals surface area contributed by atoms with E-state index in [9.17, 15) is 4.79 Å². The van der Waals surface area contributed by atoms with Gasteiger partial charge in [-0.25, -0.2) is 15.0 Å². The number of fused-ring (bicyclic) bond motifs is 1. The molecule has 9 heteroatoms. The van der Waals surface area contributed by atoms with Crippen LogP contribution in [0.4, 0.5) is 11.6 Å². The van der Waals surface area contributed by atoms with Gasteiger partial charge in [-0.1, -0.05) is 24.3 Å². The first kappa shape index (κ1) is 23.5. The van der Waals surface area contributed by atoms with Crippen molar-refractivity contribution in [3.8, 4) is 22.9 Å². The highest BCUT2D eigenvalue weighted by molar-refractivity contribution is 5.99. The molecular formula is C27H28N6O3. The van der Waals surface area contributed by atoms with E-state index < -0.39 is 5.97 Å². The van der Waals surface area contributed by atoms with E-state index in [0.717, 1.165) is 53.5 Å². The van der Waals surface area contributed by atoms with Crippen LogP contribution in [0.15, 0.2) is 60.9 Å². The minimum absolute atomic E-state index is 0.172. The third kappa shape index (κ3) is 5.21. The molecule has 5 rings (SSSR count). The second kappa shape index (κ2) is 10.6. The van der Waals surface area contributed by atoms with Crippen LogP contribution in [0.1, 0.15) is 18.4 Å². The van der Waals surface area contributed by atoms with Crippen LogP contribution < -0.4 is 20.7 Å². The molecule has 1 saturated heterocycles. The van der Waals surface area contributed by atoms with Crippen molar-refractivity contribution in [2.45, 2.75) is 25.8 Å². The molecule has 1 aliphatic heterocycles. The first-order valence-corrected chi connectivity index (χ1v) is 12.0. The number of ether oxygens (including phenoxy) is 1. The molecule has 36 heavy (non-hydrogen) atoms. The molecule has 1 unspecified atom stereocenters. The van der Waals surface area contributed by atoms with Crippen molar-refractivity contribution in [3.63, 3.8) is 0 Å². The number of hydrogen-bond donors (Lipinski definition) is 4. The largest absolute Gasteiger partial charge is 0.480 e. The molecule has 0 amide bonds. The molecule has 184 valence electrons. The van der Waals surface area contributed by atoms with E-state index in [2.05, 4.69) is 25.9 Å². The number of aromatic nitrogens is 3. The maximum atomic E-state index is 11.1. The van der Waals surface area contributed by atoms with Crippen LogP contribution in [-0.4, -0.2) is 51.7 Å². The number of anilines is 2. The summed E-state index contributed by atoms with van der Waals surface area (Å²) in [6.07, 6.45) is 5.62. The first-order chi connectivity index (χ1) is 17.6. The summed E-state index contributed by atoms with van der Waals surface area (Å²) in [5.74, 6) is 0.742.